The van der Waals surface area contributed by atoms with Crippen LogP contribution in [-0.4, -0.2) is 39.0 Å². The molecule has 0 aromatic carbocycles. The fraction of sp³-hybridized carbons (Fsp3) is 0.538. The number of aromatic nitrogens is 1. The fourth-order valence-electron chi connectivity index (χ4n) is 2.57. The molecule has 1 atom stereocenters. The predicted molar refractivity (Wildman–Crippen MR) is 66.4 cm³/mol. The molecule has 2 heterocycles. The fourth-order valence-corrected chi connectivity index (χ4v) is 2.57. The number of carbonyl (C=O) groups excluding carboxylic acids is 1. The molecular formula is C13H18N2O3. The number of hydrogen-bond donors (Lipinski definition) is 1. The summed E-state index contributed by atoms with van der Waals surface area (Å²) in [7, 11) is 0. The van der Waals surface area contributed by atoms with E-state index in [1.807, 2.05) is 4.90 Å². The van der Waals surface area contributed by atoms with Crippen LogP contribution in [-0.2, 0) is 11.3 Å². The van der Waals surface area contributed by atoms with Crippen molar-refractivity contribution >= 4 is 11.9 Å². The highest BCUT2D eigenvalue weighted by atomic mass is 16.4. The van der Waals surface area contributed by atoms with E-state index in [-0.39, 0.29) is 18.1 Å². The highest BCUT2D eigenvalue weighted by Crippen LogP contribution is 2.20. The number of likely N-dealkylation sites (tertiary alicyclic amines) is 1. The van der Waals surface area contributed by atoms with Crippen molar-refractivity contribution in [3.63, 3.8) is 0 Å². The van der Waals surface area contributed by atoms with Crippen LogP contribution in [0.1, 0.15) is 36.7 Å². The lowest BCUT2D eigenvalue weighted by molar-refractivity contribution is -0.132. The summed E-state index contributed by atoms with van der Waals surface area (Å²) in [6, 6.07) is 3.48. The second-order valence-corrected chi connectivity index (χ2v) is 4.62. The molecule has 0 radical (unpaired) electrons. The highest BCUT2D eigenvalue weighted by Gasteiger charge is 2.27. The van der Waals surface area contributed by atoms with Crippen LogP contribution in [0.4, 0.5) is 0 Å². The average Bonchev–Trinajstić information content (AvgIpc) is 2.96. The van der Waals surface area contributed by atoms with Crippen molar-refractivity contribution in [1.29, 1.82) is 0 Å². The minimum absolute atomic E-state index is 0.0121. The van der Waals surface area contributed by atoms with Gasteiger partial charge < -0.3 is 14.6 Å². The second kappa shape index (κ2) is 5.25. The summed E-state index contributed by atoms with van der Waals surface area (Å²) in [5.74, 6) is -0.987. The summed E-state index contributed by atoms with van der Waals surface area (Å²) in [6.07, 6.45) is 4.70. The first-order valence-corrected chi connectivity index (χ1v) is 6.31. The molecule has 1 aliphatic heterocycles. The van der Waals surface area contributed by atoms with Gasteiger partial charge in [0.15, 0.2) is 0 Å². The maximum absolute atomic E-state index is 12.2. The second-order valence-electron chi connectivity index (χ2n) is 4.62. The largest absolute Gasteiger partial charge is 0.477 e. The van der Waals surface area contributed by atoms with Crippen LogP contribution in [0.5, 0.6) is 0 Å². The van der Waals surface area contributed by atoms with Gasteiger partial charge in [-0.15, -0.1) is 0 Å². The SMILES string of the molecule is CCC1CCCN1C(=O)Cn1cccc1C(=O)O. The first-order valence-electron chi connectivity index (χ1n) is 6.31. The molecule has 0 aliphatic carbocycles. The molecule has 0 saturated carbocycles. The summed E-state index contributed by atoms with van der Waals surface area (Å²) in [6.45, 7) is 2.99. The van der Waals surface area contributed by atoms with E-state index in [9.17, 15) is 9.59 Å². The topological polar surface area (TPSA) is 62.5 Å². The zero-order chi connectivity index (χ0) is 13.1. The number of hydrogen-bond acceptors (Lipinski definition) is 2. The molecule has 1 amide bonds. The quantitative estimate of drug-likeness (QED) is 0.882. The van der Waals surface area contributed by atoms with Crippen LogP contribution in [0.15, 0.2) is 18.3 Å². The Kier molecular flexibility index (Phi) is 3.69. The summed E-state index contributed by atoms with van der Waals surface area (Å²) in [5, 5.41) is 8.99. The monoisotopic (exact) mass is 250 g/mol. The van der Waals surface area contributed by atoms with Crippen LogP contribution in [0, 0.1) is 0 Å². The van der Waals surface area contributed by atoms with Gasteiger partial charge in [0.25, 0.3) is 0 Å². The smallest absolute Gasteiger partial charge is 0.352 e. The summed E-state index contributed by atoms with van der Waals surface area (Å²) < 4.78 is 1.50. The van der Waals surface area contributed by atoms with Crippen LogP contribution in [0.25, 0.3) is 0 Å². The zero-order valence-electron chi connectivity index (χ0n) is 10.5. The number of carboxylic acid groups (broad SMARTS) is 1. The lowest BCUT2D eigenvalue weighted by Gasteiger charge is -2.24. The molecule has 5 nitrogen and oxygen atoms in total. The van der Waals surface area contributed by atoms with Gasteiger partial charge in [-0.05, 0) is 31.4 Å². The van der Waals surface area contributed by atoms with Crippen LogP contribution in [0.2, 0.25) is 0 Å². The molecule has 1 aromatic rings. The van der Waals surface area contributed by atoms with E-state index >= 15 is 0 Å². The number of carboxylic acids is 1. The lowest BCUT2D eigenvalue weighted by Crippen LogP contribution is -2.37. The Bertz CT molecular complexity index is 453. The van der Waals surface area contributed by atoms with Crippen molar-refractivity contribution < 1.29 is 14.7 Å². The Hall–Kier alpha value is -1.78. The molecule has 0 spiro atoms. The van der Waals surface area contributed by atoms with Crippen LogP contribution < -0.4 is 0 Å². The van der Waals surface area contributed by atoms with E-state index in [2.05, 4.69) is 6.92 Å². The van der Waals surface area contributed by atoms with Crippen molar-refractivity contribution in [1.82, 2.24) is 9.47 Å². The van der Waals surface area contributed by atoms with E-state index in [1.54, 1.807) is 12.3 Å². The van der Waals surface area contributed by atoms with Crippen molar-refractivity contribution in [2.45, 2.75) is 38.8 Å². The number of carbonyl (C=O) groups is 2. The normalized spacial score (nSPS) is 19.2. The van der Waals surface area contributed by atoms with Crippen molar-refractivity contribution in [3.05, 3.63) is 24.0 Å². The van der Waals surface area contributed by atoms with Crippen molar-refractivity contribution in [3.8, 4) is 0 Å². The molecule has 2 rings (SSSR count). The van der Waals surface area contributed by atoms with Crippen molar-refractivity contribution in [2.24, 2.45) is 0 Å². The molecule has 5 heteroatoms. The average molecular weight is 250 g/mol. The summed E-state index contributed by atoms with van der Waals surface area (Å²) in [4.78, 5) is 25.0. The lowest BCUT2D eigenvalue weighted by atomic mass is 10.2. The summed E-state index contributed by atoms with van der Waals surface area (Å²) in [5.41, 5.74) is 0.163. The molecular weight excluding hydrogens is 232 g/mol. The molecule has 1 aromatic heterocycles. The van der Waals surface area contributed by atoms with Gasteiger partial charge in [0.2, 0.25) is 5.91 Å². The Balaban J connectivity index is 2.07. The summed E-state index contributed by atoms with van der Waals surface area (Å²) >= 11 is 0. The molecule has 18 heavy (non-hydrogen) atoms. The standard InChI is InChI=1S/C13H18N2O3/c1-2-10-5-3-8-15(10)12(16)9-14-7-4-6-11(14)13(17)18/h4,6-7,10H,2-3,5,8-9H2,1H3,(H,17,18). The molecule has 98 valence electrons. The third kappa shape index (κ3) is 2.39. The van der Waals surface area contributed by atoms with Gasteiger partial charge in [0, 0.05) is 18.8 Å². The maximum Gasteiger partial charge on any atom is 0.352 e. The van der Waals surface area contributed by atoms with Gasteiger partial charge in [-0.25, -0.2) is 4.79 Å². The number of nitrogens with zero attached hydrogens (tertiary/aromatic N) is 2. The van der Waals surface area contributed by atoms with Crippen LogP contribution >= 0.6 is 0 Å². The van der Waals surface area contributed by atoms with Gasteiger partial charge in [-0.2, -0.15) is 0 Å². The molecule has 1 saturated heterocycles. The third-order valence-electron chi connectivity index (χ3n) is 3.52. The first-order chi connectivity index (χ1) is 8.63. The van der Waals surface area contributed by atoms with Gasteiger partial charge in [-0.1, -0.05) is 6.92 Å². The molecule has 1 unspecified atom stereocenters. The van der Waals surface area contributed by atoms with Gasteiger partial charge in [0.1, 0.15) is 12.2 Å². The number of aromatic carboxylic acids is 1. The maximum atomic E-state index is 12.2. The third-order valence-corrected chi connectivity index (χ3v) is 3.52. The van der Waals surface area contributed by atoms with Crippen LogP contribution in [0.3, 0.4) is 0 Å². The van der Waals surface area contributed by atoms with Gasteiger partial charge in [-0.3, -0.25) is 4.79 Å². The minimum atomic E-state index is -0.999. The van der Waals surface area contributed by atoms with Gasteiger partial charge >= 0.3 is 5.97 Å². The molecule has 1 fully saturated rings. The van der Waals surface area contributed by atoms with Crippen molar-refractivity contribution in [2.75, 3.05) is 6.54 Å². The number of amides is 1. The Morgan fingerprint density at radius 2 is 2.28 bits per heavy atom. The Morgan fingerprint density at radius 1 is 1.50 bits per heavy atom. The van der Waals surface area contributed by atoms with E-state index in [0.29, 0.717) is 6.04 Å². The highest BCUT2D eigenvalue weighted by molar-refractivity contribution is 5.87. The molecule has 1 N–H and O–H groups in total. The zero-order valence-corrected chi connectivity index (χ0v) is 10.5. The predicted octanol–water partition coefficient (Wildman–Crippen LogP) is 1.59. The van der Waals surface area contributed by atoms with E-state index in [0.717, 1.165) is 25.8 Å². The van der Waals surface area contributed by atoms with E-state index < -0.39 is 5.97 Å². The molecule has 0 bridgehead atoms. The Labute approximate surface area is 106 Å². The molecule has 1 aliphatic rings. The van der Waals surface area contributed by atoms with E-state index in [4.69, 9.17) is 5.11 Å². The minimum Gasteiger partial charge on any atom is -0.477 e. The Morgan fingerprint density at radius 3 is 2.94 bits per heavy atom. The number of rotatable bonds is 4. The van der Waals surface area contributed by atoms with Gasteiger partial charge in [0.05, 0.1) is 0 Å². The first kappa shape index (κ1) is 12.7. The van der Waals surface area contributed by atoms with E-state index in [1.165, 1.54) is 10.6 Å².